The molecule has 1 amide bonds. The van der Waals surface area contributed by atoms with Crippen molar-refractivity contribution in [2.24, 2.45) is 13.0 Å². The largest absolute Gasteiger partial charge is 0.370 e. The zero-order valence-electron chi connectivity index (χ0n) is 15.5. The van der Waals surface area contributed by atoms with Gasteiger partial charge in [-0.2, -0.15) is 5.10 Å². The molecule has 0 spiro atoms. The van der Waals surface area contributed by atoms with Crippen LogP contribution in [0.5, 0.6) is 0 Å². The van der Waals surface area contributed by atoms with E-state index >= 15 is 0 Å². The van der Waals surface area contributed by atoms with Crippen LogP contribution in [-0.2, 0) is 11.8 Å². The highest BCUT2D eigenvalue weighted by molar-refractivity contribution is 5.92. The molecule has 1 atom stereocenters. The Hall–Kier alpha value is -1.66. The summed E-state index contributed by atoms with van der Waals surface area (Å²) in [6.45, 7) is 8.34. The molecule has 138 valence electrons. The topological polar surface area (TPSA) is 51.8 Å². The lowest BCUT2D eigenvalue weighted by Crippen LogP contribution is -3.14. The van der Waals surface area contributed by atoms with Gasteiger partial charge in [0, 0.05) is 19.3 Å². The number of allylic oxidation sites excluding steroid dienone is 2. The first-order valence-electron chi connectivity index (χ1n) is 9.49. The van der Waals surface area contributed by atoms with Gasteiger partial charge in [0.25, 0.3) is 5.91 Å². The number of carbonyl (C=O) groups is 1. The van der Waals surface area contributed by atoms with Crippen molar-refractivity contribution < 1.29 is 14.4 Å². The van der Waals surface area contributed by atoms with Gasteiger partial charge in [0.15, 0.2) is 5.69 Å². The van der Waals surface area contributed by atoms with Crippen LogP contribution in [0.15, 0.2) is 18.2 Å². The van der Waals surface area contributed by atoms with Crippen molar-refractivity contribution in [2.75, 3.05) is 45.9 Å². The second kappa shape index (κ2) is 8.63. The van der Waals surface area contributed by atoms with Gasteiger partial charge in [-0.1, -0.05) is 12.2 Å². The number of nitrogens with zero attached hydrogens (tertiary/aromatic N) is 3. The summed E-state index contributed by atoms with van der Waals surface area (Å²) < 4.78 is 7.22. The van der Waals surface area contributed by atoms with Gasteiger partial charge in [0.1, 0.15) is 13.1 Å². The van der Waals surface area contributed by atoms with Gasteiger partial charge in [0.2, 0.25) is 0 Å². The summed E-state index contributed by atoms with van der Waals surface area (Å²) in [5, 5.41) is 4.40. The second-order valence-corrected chi connectivity index (χ2v) is 7.31. The van der Waals surface area contributed by atoms with E-state index < -0.39 is 0 Å². The van der Waals surface area contributed by atoms with Gasteiger partial charge in [-0.25, -0.2) is 0 Å². The van der Waals surface area contributed by atoms with E-state index in [1.165, 1.54) is 11.3 Å². The second-order valence-electron chi connectivity index (χ2n) is 7.31. The van der Waals surface area contributed by atoms with Crippen molar-refractivity contribution in [2.45, 2.75) is 26.2 Å². The number of amides is 1. The number of hydrogen-bond acceptors (Lipinski definition) is 3. The number of quaternary nitrogens is 1. The zero-order valence-corrected chi connectivity index (χ0v) is 15.5. The fourth-order valence-corrected chi connectivity index (χ4v) is 3.64. The highest BCUT2D eigenvalue weighted by Gasteiger charge is 2.24. The minimum atomic E-state index is 0.0749. The molecule has 1 N–H and O–H groups in total. The van der Waals surface area contributed by atoms with E-state index in [9.17, 15) is 4.79 Å². The van der Waals surface area contributed by atoms with Gasteiger partial charge in [-0.3, -0.25) is 9.48 Å². The van der Waals surface area contributed by atoms with Gasteiger partial charge < -0.3 is 14.5 Å². The lowest BCUT2D eigenvalue weighted by atomic mass is 9.94. The van der Waals surface area contributed by atoms with Crippen molar-refractivity contribution in [3.63, 3.8) is 0 Å². The molecule has 3 rings (SSSR count). The number of aryl methyl sites for hydroxylation is 2. The van der Waals surface area contributed by atoms with Gasteiger partial charge in [0.05, 0.1) is 26.3 Å². The molecule has 1 saturated heterocycles. The third-order valence-electron chi connectivity index (χ3n) is 5.41. The molecule has 1 fully saturated rings. The molecule has 0 saturated carbocycles. The predicted octanol–water partition coefficient (Wildman–Crippen LogP) is 0.442. The predicted molar refractivity (Wildman–Crippen MR) is 96.7 cm³/mol. The Morgan fingerprint density at radius 3 is 2.84 bits per heavy atom. The highest BCUT2D eigenvalue weighted by Crippen LogP contribution is 2.20. The molecule has 1 aliphatic carbocycles. The summed E-state index contributed by atoms with van der Waals surface area (Å²) in [6, 6.07) is 1.90. The molecule has 1 aromatic heterocycles. The third-order valence-corrected chi connectivity index (χ3v) is 5.41. The zero-order chi connectivity index (χ0) is 17.6. The van der Waals surface area contributed by atoms with E-state index in [0.29, 0.717) is 11.6 Å². The Labute approximate surface area is 150 Å². The van der Waals surface area contributed by atoms with Crippen LogP contribution < -0.4 is 4.90 Å². The van der Waals surface area contributed by atoms with E-state index in [0.717, 1.165) is 64.5 Å². The standard InChI is InChI=1S/C19H30N4O2/c1-16-14-18(20-21(16)2)19(24)23(15-17-6-4-3-5-7-17)9-8-22-10-12-25-13-11-22/h3-4,14,17H,5-13,15H2,1-2H3/p+1/t17-/m0/s1. The summed E-state index contributed by atoms with van der Waals surface area (Å²) in [4.78, 5) is 16.6. The maximum Gasteiger partial charge on any atom is 0.274 e. The number of carbonyl (C=O) groups excluding carboxylic acids is 1. The van der Waals surface area contributed by atoms with Gasteiger partial charge >= 0.3 is 0 Å². The van der Waals surface area contributed by atoms with Crippen LogP contribution in [0, 0.1) is 12.8 Å². The number of hydrogen-bond donors (Lipinski definition) is 1. The Morgan fingerprint density at radius 2 is 2.20 bits per heavy atom. The van der Waals surface area contributed by atoms with Gasteiger partial charge in [-0.15, -0.1) is 0 Å². The first-order valence-corrected chi connectivity index (χ1v) is 9.49. The first-order chi connectivity index (χ1) is 12.1. The molecule has 6 nitrogen and oxygen atoms in total. The first kappa shape index (κ1) is 18.1. The Morgan fingerprint density at radius 1 is 1.40 bits per heavy atom. The number of aromatic nitrogens is 2. The number of nitrogens with one attached hydrogen (secondary N) is 1. The maximum absolute atomic E-state index is 13.1. The molecule has 0 bridgehead atoms. The molecule has 0 radical (unpaired) electrons. The lowest BCUT2D eigenvalue weighted by molar-refractivity contribution is -0.907. The SMILES string of the molecule is Cc1cc(C(=O)N(CC[NH+]2CCOCC2)C[C@H]2CC=CCC2)nn1C. The molecule has 25 heavy (non-hydrogen) atoms. The van der Waals surface area contributed by atoms with E-state index in [-0.39, 0.29) is 5.91 Å². The smallest absolute Gasteiger partial charge is 0.274 e. The minimum absolute atomic E-state index is 0.0749. The van der Waals surface area contributed by atoms with E-state index in [1.54, 1.807) is 4.68 Å². The van der Waals surface area contributed by atoms with Crippen LogP contribution in [-0.4, -0.2) is 66.5 Å². The summed E-state index contributed by atoms with van der Waals surface area (Å²) in [6.07, 6.45) is 7.89. The molecular formula is C19H31N4O2+. The highest BCUT2D eigenvalue weighted by atomic mass is 16.5. The van der Waals surface area contributed by atoms with Crippen molar-refractivity contribution in [1.82, 2.24) is 14.7 Å². The molecular weight excluding hydrogens is 316 g/mol. The molecule has 1 aliphatic heterocycles. The van der Waals surface area contributed by atoms with E-state index in [1.807, 2.05) is 24.9 Å². The molecule has 2 aliphatic rings. The van der Waals surface area contributed by atoms with Crippen LogP contribution in [0.1, 0.15) is 35.4 Å². The van der Waals surface area contributed by atoms with Crippen molar-refractivity contribution in [1.29, 1.82) is 0 Å². The fourth-order valence-electron chi connectivity index (χ4n) is 3.64. The van der Waals surface area contributed by atoms with Crippen molar-refractivity contribution in [3.05, 3.63) is 29.6 Å². The van der Waals surface area contributed by atoms with Crippen molar-refractivity contribution >= 4 is 5.91 Å². The van der Waals surface area contributed by atoms with E-state index in [4.69, 9.17) is 4.74 Å². The van der Waals surface area contributed by atoms with Crippen LogP contribution in [0.4, 0.5) is 0 Å². The van der Waals surface area contributed by atoms with Crippen LogP contribution in [0.25, 0.3) is 0 Å². The number of rotatable bonds is 6. The molecule has 1 aromatic rings. The summed E-state index contributed by atoms with van der Waals surface area (Å²) in [5.41, 5.74) is 1.59. The Bertz CT molecular complexity index is 585. The molecule has 0 unspecified atom stereocenters. The fraction of sp³-hybridized carbons (Fsp3) is 0.684. The average Bonchev–Trinajstić information content (AvgIpc) is 2.98. The molecule has 2 heterocycles. The Balaban J connectivity index is 1.65. The average molecular weight is 347 g/mol. The summed E-state index contributed by atoms with van der Waals surface area (Å²) in [5.74, 6) is 0.643. The maximum atomic E-state index is 13.1. The Kier molecular flexibility index (Phi) is 6.26. The molecule has 6 heteroatoms. The monoisotopic (exact) mass is 347 g/mol. The van der Waals surface area contributed by atoms with Crippen LogP contribution in [0.3, 0.4) is 0 Å². The summed E-state index contributed by atoms with van der Waals surface area (Å²) >= 11 is 0. The van der Waals surface area contributed by atoms with Crippen LogP contribution >= 0.6 is 0 Å². The summed E-state index contributed by atoms with van der Waals surface area (Å²) in [7, 11) is 1.89. The van der Waals surface area contributed by atoms with E-state index in [2.05, 4.69) is 17.3 Å². The van der Waals surface area contributed by atoms with Crippen molar-refractivity contribution in [3.8, 4) is 0 Å². The number of morpholine rings is 1. The van der Waals surface area contributed by atoms with Gasteiger partial charge in [-0.05, 0) is 38.2 Å². The lowest BCUT2D eigenvalue weighted by Gasteiger charge is -2.30. The molecule has 0 aromatic carbocycles. The normalized spacial score (nSPS) is 21.4. The number of ether oxygens (including phenoxy) is 1. The quantitative estimate of drug-likeness (QED) is 0.760. The minimum Gasteiger partial charge on any atom is -0.370 e. The van der Waals surface area contributed by atoms with Crippen LogP contribution in [0.2, 0.25) is 0 Å². The third kappa shape index (κ3) is 4.92.